The minimum atomic E-state index is -0.258. The monoisotopic (exact) mass is 355 g/mol. The van der Waals surface area contributed by atoms with Crippen molar-refractivity contribution in [2.24, 2.45) is 0 Å². The molecule has 4 nitrogen and oxygen atoms in total. The molecule has 0 aromatic heterocycles. The van der Waals surface area contributed by atoms with Crippen molar-refractivity contribution in [1.29, 1.82) is 0 Å². The molecule has 0 aliphatic heterocycles. The Labute approximate surface area is 151 Å². The zero-order chi connectivity index (χ0) is 17.6. The summed E-state index contributed by atoms with van der Waals surface area (Å²) in [5, 5.41) is 5.23. The van der Waals surface area contributed by atoms with E-state index in [1.165, 1.54) is 0 Å². The van der Waals surface area contributed by atoms with Crippen molar-refractivity contribution in [3.05, 3.63) is 65.7 Å². The number of amides is 1. The fourth-order valence-electron chi connectivity index (χ4n) is 2.54. The first kappa shape index (κ1) is 17.1. The first-order valence-corrected chi connectivity index (χ1v) is 8.38. The fraction of sp³-hybridized carbons (Fsp3) is 0.150. The van der Waals surface area contributed by atoms with Crippen molar-refractivity contribution >= 4 is 34.0 Å². The zero-order valence-corrected chi connectivity index (χ0v) is 14.5. The van der Waals surface area contributed by atoms with Crippen LogP contribution in [0.1, 0.15) is 6.92 Å². The van der Waals surface area contributed by atoms with E-state index in [0.29, 0.717) is 28.8 Å². The fourth-order valence-corrected chi connectivity index (χ4v) is 2.77. The standard InChI is InChI=1S/C20H18ClNO3/c1-2-24-19-10-6-5-9-17(19)22-20(23)13-25-18-12-11-16(21)14-7-3-4-8-15(14)18/h3-12H,2,13H2,1H3,(H,22,23). The van der Waals surface area contributed by atoms with Crippen LogP contribution in [-0.4, -0.2) is 19.1 Å². The Hall–Kier alpha value is -2.72. The van der Waals surface area contributed by atoms with Crippen molar-refractivity contribution in [2.45, 2.75) is 6.92 Å². The van der Waals surface area contributed by atoms with Crippen LogP contribution in [0.15, 0.2) is 60.7 Å². The van der Waals surface area contributed by atoms with E-state index in [-0.39, 0.29) is 12.5 Å². The molecule has 1 amide bonds. The van der Waals surface area contributed by atoms with Gasteiger partial charge in [-0.05, 0) is 31.2 Å². The Bertz CT molecular complexity index is 895. The summed E-state index contributed by atoms with van der Waals surface area (Å²) >= 11 is 6.20. The van der Waals surface area contributed by atoms with E-state index in [4.69, 9.17) is 21.1 Å². The van der Waals surface area contributed by atoms with Crippen molar-refractivity contribution in [1.82, 2.24) is 0 Å². The average Bonchev–Trinajstić information content (AvgIpc) is 2.63. The van der Waals surface area contributed by atoms with E-state index >= 15 is 0 Å². The summed E-state index contributed by atoms with van der Waals surface area (Å²) in [5.74, 6) is 0.995. The molecule has 1 N–H and O–H groups in total. The summed E-state index contributed by atoms with van der Waals surface area (Å²) < 4.78 is 11.2. The lowest BCUT2D eigenvalue weighted by Crippen LogP contribution is -2.20. The summed E-state index contributed by atoms with van der Waals surface area (Å²) in [6.45, 7) is 2.32. The lowest BCUT2D eigenvalue weighted by molar-refractivity contribution is -0.118. The van der Waals surface area contributed by atoms with Gasteiger partial charge in [-0.3, -0.25) is 4.79 Å². The van der Waals surface area contributed by atoms with Crippen molar-refractivity contribution in [2.75, 3.05) is 18.5 Å². The van der Waals surface area contributed by atoms with Crippen LogP contribution >= 0.6 is 11.6 Å². The van der Waals surface area contributed by atoms with E-state index in [0.717, 1.165) is 10.8 Å². The molecule has 25 heavy (non-hydrogen) atoms. The Balaban J connectivity index is 1.70. The van der Waals surface area contributed by atoms with Gasteiger partial charge < -0.3 is 14.8 Å². The molecule has 3 rings (SSSR count). The number of carbonyl (C=O) groups is 1. The second kappa shape index (κ2) is 7.90. The molecule has 0 spiro atoms. The number of fused-ring (bicyclic) bond motifs is 1. The Morgan fingerprint density at radius 1 is 0.920 bits per heavy atom. The minimum absolute atomic E-state index is 0.105. The average molecular weight is 356 g/mol. The number of nitrogens with one attached hydrogen (secondary N) is 1. The van der Waals surface area contributed by atoms with Crippen LogP contribution in [0.5, 0.6) is 11.5 Å². The van der Waals surface area contributed by atoms with Crippen molar-refractivity contribution in [3.63, 3.8) is 0 Å². The van der Waals surface area contributed by atoms with Gasteiger partial charge in [-0.2, -0.15) is 0 Å². The number of ether oxygens (including phenoxy) is 2. The lowest BCUT2D eigenvalue weighted by atomic mass is 10.1. The summed E-state index contributed by atoms with van der Waals surface area (Å²) in [7, 11) is 0. The summed E-state index contributed by atoms with van der Waals surface area (Å²) in [6, 6.07) is 18.5. The van der Waals surface area contributed by atoms with Gasteiger partial charge in [0.15, 0.2) is 6.61 Å². The van der Waals surface area contributed by atoms with Gasteiger partial charge >= 0.3 is 0 Å². The SMILES string of the molecule is CCOc1ccccc1NC(=O)COc1ccc(Cl)c2ccccc12. The molecule has 0 bridgehead atoms. The molecule has 0 heterocycles. The van der Waals surface area contributed by atoms with Gasteiger partial charge in [0, 0.05) is 15.8 Å². The van der Waals surface area contributed by atoms with Gasteiger partial charge in [0.2, 0.25) is 0 Å². The molecule has 0 atom stereocenters. The highest BCUT2D eigenvalue weighted by molar-refractivity contribution is 6.35. The molecule has 0 radical (unpaired) electrons. The second-order valence-corrected chi connectivity index (χ2v) is 5.76. The van der Waals surface area contributed by atoms with E-state index in [1.54, 1.807) is 18.2 Å². The van der Waals surface area contributed by atoms with E-state index in [1.807, 2.05) is 49.4 Å². The van der Waals surface area contributed by atoms with Gasteiger partial charge in [0.1, 0.15) is 11.5 Å². The highest BCUT2D eigenvalue weighted by Gasteiger charge is 2.10. The Kier molecular flexibility index (Phi) is 5.41. The molecule has 0 aliphatic rings. The highest BCUT2D eigenvalue weighted by Crippen LogP contribution is 2.31. The molecular weight excluding hydrogens is 338 g/mol. The molecular formula is C20H18ClNO3. The molecule has 0 saturated heterocycles. The quantitative estimate of drug-likeness (QED) is 0.683. The van der Waals surface area contributed by atoms with Crippen LogP contribution in [0.4, 0.5) is 5.69 Å². The van der Waals surface area contributed by atoms with Gasteiger partial charge in [-0.1, -0.05) is 48.0 Å². The van der Waals surface area contributed by atoms with Crippen molar-refractivity contribution in [3.8, 4) is 11.5 Å². The maximum absolute atomic E-state index is 12.2. The molecule has 3 aromatic carbocycles. The number of rotatable bonds is 6. The molecule has 5 heteroatoms. The molecule has 128 valence electrons. The summed E-state index contributed by atoms with van der Waals surface area (Å²) in [6.07, 6.45) is 0. The third-order valence-corrected chi connectivity index (χ3v) is 3.98. The number of anilines is 1. The largest absolute Gasteiger partial charge is 0.492 e. The number of hydrogen-bond acceptors (Lipinski definition) is 3. The van der Waals surface area contributed by atoms with Crippen LogP contribution in [0, 0.1) is 0 Å². The molecule has 3 aromatic rings. The first-order valence-electron chi connectivity index (χ1n) is 8.00. The van der Waals surface area contributed by atoms with Crippen LogP contribution in [0.3, 0.4) is 0 Å². The van der Waals surface area contributed by atoms with Crippen LogP contribution in [0.25, 0.3) is 10.8 Å². The maximum atomic E-state index is 12.2. The number of carbonyl (C=O) groups excluding carboxylic acids is 1. The highest BCUT2D eigenvalue weighted by atomic mass is 35.5. The van der Waals surface area contributed by atoms with Gasteiger partial charge in [-0.15, -0.1) is 0 Å². The smallest absolute Gasteiger partial charge is 0.262 e. The summed E-state index contributed by atoms with van der Waals surface area (Å²) in [5.41, 5.74) is 0.624. The van der Waals surface area contributed by atoms with Crippen LogP contribution in [-0.2, 0) is 4.79 Å². The minimum Gasteiger partial charge on any atom is -0.492 e. The number of para-hydroxylation sites is 2. The van der Waals surface area contributed by atoms with Gasteiger partial charge in [0.25, 0.3) is 5.91 Å². The summed E-state index contributed by atoms with van der Waals surface area (Å²) in [4.78, 5) is 12.2. The lowest BCUT2D eigenvalue weighted by Gasteiger charge is -2.13. The van der Waals surface area contributed by atoms with Crippen molar-refractivity contribution < 1.29 is 14.3 Å². The Morgan fingerprint density at radius 2 is 1.64 bits per heavy atom. The third kappa shape index (κ3) is 4.03. The number of hydrogen-bond donors (Lipinski definition) is 1. The van der Waals surface area contributed by atoms with Gasteiger partial charge in [-0.25, -0.2) is 0 Å². The van der Waals surface area contributed by atoms with Crippen LogP contribution < -0.4 is 14.8 Å². The molecule has 0 fully saturated rings. The number of halogens is 1. The topological polar surface area (TPSA) is 47.6 Å². The van der Waals surface area contributed by atoms with E-state index < -0.39 is 0 Å². The normalized spacial score (nSPS) is 10.5. The zero-order valence-electron chi connectivity index (χ0n) is 13.8. The van der Waals surface area contributed by atoms with Gasteiger partial charge in [0.05, 0.1) is 12.3 Å². The third-order valence-electron chi connectivity index (χ3n) is 3.65. The Morgan fingerprint density at radius 3 is 2.44 bits per heavy atom. The molecule has 0 unspecified atom stereocenters. The first-order chi connectivity index (χ1) is 12.2. The predicted molar refractivity (Wildman–Crippen MR) is 101 cm³/mol. The van der Waals surface area contributed by atoms with Crippen LogP contribution in [0.2, 0.25) is 5.02 Å². The maximum Gasteiger partial charge on any atom is 0.262 e. The molecule has 0 aliphatic carbocycles. The van der Waals surface area contributed by atoms with E-state index in [2.05, 4.69) is 5.32 Å². The predicted octanol–water partition coefficient (Wildman–Crippen LogP) is 4.91. The molecule has 0 saturated carbocycles. The van der Waals surface area contributed by atoms with E-state index in [9.17, 15) is 4.79 Å². The second-order valence-electron chi connectivity index (χ2n) is 5.36. The number of benzene rings is 3.